The summed E-state index contributed by atoms with van der Waals surface area (Å²) in [4.78, 5) is 25.3. The molecule has 0 spiro atoms. The minimum Gasteiger partial charge on any atom is -0.463 e. The largest absolute Gasteiger partial charge is 0.463 e. The third kappa shape index (κ3) is 4.15. The van der Waals surface area contributed by atoms with E-state index in [1.165, 1.54) is 12.1 Å². The normalized spacial score (nSPS) is 22.2. The molecule has 0 aromatic heterocycles. The Hall–Kier alpha value is -2.52. The predicted octanol–water partition coefficient (Wildman–Crippen LogP) is 2.84. The zero-order valence-corrected chi connectivity index (χ0v) is 16.7. The van der Waals surface area contributed by atoms with Crippen LogP contribution in [0.4, 0.5) is 5.69 Å². The molecule has 1 fully saturated rings. The van der Waals surface area contributed by atoms with Gasteiger partial charge in [-0.3, -0.25) is 10.1 Å². The van der Waals surface area contributed by atoms with E-state index in [9.17, 15) is 14.9 Å². The SMILES string of the molecule is CCOC(=O)C1=C(C)N(C[C@H]2CCCO2)C(=S)N[C@H]1c1cccc([N+](=O)[O-])c1. The number of ether oxygens (including phenoxy) is 2. The summed E-state index contributed by atoms with van der Waals surface area (Å²) in [7, 11) is 0. The van der Waals surface area contributed by atoms with Gasteiger partial charge in [-0.15, -0.1) is 0 Å². The molecule has 0 unspecified atom stereocenters. The van der Waals surface area contributed by atoms with Crippen molar-refractivity contribution in [1.82, 2.24) is 10.2 Å². The van der Waals surface area contributed by atoms with Crippen LogP contribution in [0.2, 0.25) is 0 Å². The molecule has 2 atom stereocenters. The fourth-order valence-electron chi connectivity index (χ4n) is 3.53. The summed E-state index contributed by atoms with van der Waals surface area (Å²) in [5, 5.41) is 14.8. The van der Waals surface area contributed by atoms with Crippen LogP contribution in [0.1, 0.15) is 38.3 Å². The molecule has 1 N–H and O–H groups in total. The lowest BCUT2D eigenvalue weighted by molar-refractivity contribution is -0.384. The summed E-state index contributed by atoms with van der Waals surface area (Å²) < 4.78 is 11.0. The number of nitrogens with one attached hydrogen (secondary N) is 1. The van der Waals surface area contributed by atoms with Gasteiger partial charge in [0.1, 0.15) is 0 Å². The van der Waals surface area contributed by atoms with Crippen LogP contribution in [0.15, 0.2) is 35.5 Å². The number of rotatable bonds is 6. The monoisotopic (exact) mass is 405 g/mol. The standard InChI is InChI=1S/C19H23N3O5S/c1-3-26-18(23)16-12(2)21(11-15-8-5-9-27-15)19(28)20-17(16)13-6-4-7-14(10-13)22(24)25/h4,6-7,10,15,17H,3,5,8-9,11H2,1-2H3,(H,20,28)/t15-,17+/m1/s1. The predicted molar refractivity (Wildman–Crippen MR) is 107 cm³/mol. The summed E-state index contributed by atoms with van der Waals surface area (Å²) in [6.07, 6.45) is 1.99. The van der Waals surface area contributed by atoms with Gasteiger partial charge >= 0.3 is 5.97 Å². The third-order valence-corrected chi connectivity index (χ3v) is 5.25. The molecule has 0 amide bonds. The molecule has 2 aliphatic rings. The number of nitrogens with zero attached hydrogens (tertiary/aromatic N) is 2. The average Bonchev–Trinajstić information content (AvgIpc) is 3.18. The van der Waals surface area contributed by atoms with Gasteiger partial charge in [0, 0.05) is 24.4 Å². The first-order valence-electron chi connectivity index (χ1n) is 9.24. The highest BCUT2D eigenvalue weighted by atomic mass is 32.1. The maximum atomic E-state index is 12.7. The molecule has 8 nitrogen and oxygen atoms in total. The molecule has 150 valence electrons. The highest BCUT2D eigenvalue weighted by Crippen LogP contribution is 2.33. The Kier molecular flexibility index (Phi) is 6.25. The first-order valence-corrected chi connectivity index (χ1v) is 9.65. The van der Waals surface area contributed by atoms with E-state index in [1.54, 1.807) is 19.1 Å². The molecular formula is C19H23N3O5S. The first-order chi connectivity index (χ1) is 13.4. The molecule has 0 saturated carbocycles. The molecule has 0 bridgehead atoms. The van der Waals surface area contributed by atoms with Crippen molar-refractivity contribution >= 4 is 29.0 Å². The van der Waals surface area contributed by atoms with Gasteiger partial charge < -0.3 is 19.7 Å². The van der Waals surface area contributed by atoms with Crippen LogP contribution in [-0.4, -0.2) is 46.8 Å². The second kappa shape index (κ2) is 8.66. The summed E-state index contributed by atoms with van der Waals surface area (Å²) in [5.74, 6) is -0.469. The van der Waals surface area contributed by atoms with E-state index in [-0.39, 0.29) is 18.4 Å². The lowest BCUT2D eigenvalue weighted by atomic mass is 9.94. The number of carbonyl (C=O) groups is 1. The van der Waals surface area contributed by atoms with Gasteiger partial charge in [0.05, 0.1) is 35.8 Å². The molecule has 0 radical (unpaired) electrons. The Morgan fingerprint density at radius 3 is 2.93 bits per heavy atom. The molecule has 9 heteroatoms. The number of carbonyl (C=O) groups excluding carboxylic acids is 1. The Morgan fingerprint density at radius 1 is 1.50 bits per heavy atom. The third-order valence-electron chi connectivity index (χ3n) is 4.92. The minimum atomic E-state index is -0.618. The number of benzene rings is 1. The van der Waals surface area contributed by atoms with E-state index in [0.717, 1.165) is 19.4 Å². The van der Waals surface area contributed by atoms with E-state index in [4.69, 9.17) is 21.7 Å². The number of nitro benzene ring substituents is 1. The molecule has 3 rings (SSSR count). The number of esters is 1. The number of non-ortho nitro benzene ring substituents is 1. The van der Waals surface area contributed by atoms with Crippen LogP contribution in [0.3, 0.4) is 0 Å². The van der Waals surface area contributed by atoms with Gasteiger partial charge in [-0.1, -0.05) is 12.1 Å². The van der Waals surface area contributed by atoms with Crippen molar-refractivity contribution in [3.63, 3.8) is 0 Å². The van der Waals surface area contributed by atoms with Crippen molar-refractivity contribution in [1.29, 1.82) is 0 Å². The molecular weight excluding hydrogens is 382 g/mol. The van der Waals surface area contributed by atoms with Crippen molar-refractivity contribution in [2.75, 3.05) is 19.8 Å². The molecule has 1 saturated heterocycles. The Balaban J connectivity index is 2.00. The van der Waals surface area contributed by atoms with Crippen molar-refractivity contribution < 1.29 is 19.2 Å². The summed E-state index contributed by atoms with van der Waals surface area (Å²) >= 11 is 5.54. The summed E-state index contributed by atoms with van der Waals surface area (Å²) in [6, 6.07) is 5.56. The number of hydrogen-bond acceptors (Lipinski definition) is 6. The number of nitro groups is 1. The van der Waals surface area contributed by atoms with Gasteiger partial charge in [-0.05, 0) is 44.5 Å². The van der Waals surface area contributed by atoms with Crippen molar-refractivity contribution in [2.45, 2.75) is 38.8 Å². The minimum absolute atomic E-state index is 0.0483. The molecule has 2 heterocycles. The lowest BCUT2D eigenvalue weighted by Crippen LogP contribution is -2.50. The smallest absolute Gasteiger partial charge is 0.338 e. The van der Waals surface area contributed by atoms with Gasteiger partial charge in [0.15, 0.2) is 5.11 Å². The Morgan fingerprint density at radius 2 is 2.29 bits per heavy atom. The van der Waals surface area contributed by atoms with Crippen LogP contribution >= 0.6 is 12.2 Å². The van der Waals surface area contributed by atoms with Crippen molar-refractivity contribution in [3.05, 3.63) is 51.2 Å². The molecule has 2 aliphatic heterocycles. The number of hydrogen-bond donors (Lipinski definition) is 1. The molecule has 1 aromatic rings. The fraction of sp³-hybridized carbons (Fsp3) is 0.474. The highest BCUT2D eigenvalue weighted by Gasteiger charge is 2.36. The van der Waals surface area contributed by atoms with Crippen molar-refractivity contribution in [3.8, 4) is 0 Å². The van der Waals surface area contributed by atoms with Crippen LogP contribution in [0.25, 0.3) is 0 Å². The highest BCUT2D eigenvalue weighted by molar-refractivity contribution is 7.80. The molecule has 0 aliphatic carbocycles. The van der Waals surface area contributed by atoms with Crippen LogP contribution < -0.4 is 5.32 Å². The maximum absolute atomic E-state index is 12.7. The van der Waals surface area contributed by atoms with Crippen LogP contribution in [0, 0.1) is 10.1 Å². The first kappa shape index (κ1) is 20.2. The topological polar surface area (TPSA) is 93.9 Å². The second-order valence-electron chi connectivity index (χ2n) is 6.70. The van der Waals surface area contributed by atoms with E-state index < -0.39 is 16.9 Å². The number of allylic oxidation sites excluding steroid dienone is 1. The van der Waals surface area contributed by atoms with Crippen LogP contribution in [0.5, 0.6) is 0 Å². The zero-order chi connectivity index (χ0) is 20.3. The lowest BCUT2D eigenvalue weighted by Gasteiger charge is -2.38. The van der Waals surface area contributed by atoms with E-state index in [1.807, 2.05) is 11.8 Å². The van der Waals surface area contributed by atoms with E-state index >= 15 is 0 Å². The summed E-state index contributed by atoms with van der Waals surface area (Å²) in [5.41, 5.74) is 1.60. The quantitative estimate of drug-likeness (QED) is 0.334. The van der Waals surface area contributed by atoms with Gasteiger partial charge in [-0.2, -0.15) is 0 Å². The second-order valence-corrected chi connectivity index (χ2v) is 7.09. The van der Waals surface area contributed by atoms with Gasteiger partial charge in [-0.25, -0.2) is 4.79 Å². The average molecular weight is 405 g/mol. The van der Waals surface area contributed by atoms with E-state index in [2.05, 4.69) is 5.32 Å². The van der Waals surface area contributed by atoms with Crippen LogP contribution in [-0.2, 0) is 14.3 Å². The molecule has 28 heavy (non-hydrogen) atoms. The maximum Gasteiger partial charge on any atom is 0.338 e. The van der Waals surface area contributed by atoms with Crippen molar-refractivity contribution in [2.24, 2.45) is 0 Å². The van der Waals surface area contributed by atoms with Gasteiger partial charge in [0.2, 0.25) is 0 Å². The number of thiocarbonyl (C=S) groups is 1. The Labute approximate surface area is 168 Å². The fourth-order valence-corrected chi connectivity index (χ4v) is 3.86. The Bertz CT molecular complexity index is 820. The van der Waals surface area contributed by atoms with E-state index in [0.29, 0.717) is 28.5 Å². The zero-order valence-electron chi connectivity index (χ0n) is 15.8. The summed E-state index contributed by atoms with van der Waals surface area (Å²) in [6.45, 7) is 5.05. The molecule has 1 aromatic carbocycles. The van der Waals surface area contributed by atoms with Gasteiger partial charge in [0.25, 0.3) is 5.69 Å².